The van der Waals surface area contributed by atoms with Gasteiger partial charge in [-0.15, -0.1) is 32.9 Å². The highest BCUT2D eigenvalue weighted by Gasteiger charge is 2.29. The molecule has 1 atom stereocenters. The van der Waals surface area contributed by atoms with Crippen molar-refractivity contribution < 1.29 is 24.0 Å². The van der Waals surface area contributed by atoms with Crippen LogP contribution in [0.3, 0.4) is 0 Å². The maximum Gasteiger partial charge on any atom is 0.341 e. The molecule has 3 heterocycles. The first-order chi connectivity index (χ1) is 21.3. The number of nitro benzene ring substituents is 1. The number of esters is 1. The number of non-ortho nitro benzene ring substituents is 1. The van der Waals surface area contributed by atoms with Crippen LogP contribution in [-0.2, 0) is 28.9 Å². The van der Waals surface area contributed by atoms with Crippen molar-refractivity contribution in [3.8, 4) is 5.69 Å². The van der Waals surface area contributed by atoms with Gasteiger partial charge in [0.25, 0.3) is 11.6 Å². The zero-order valence-electron chi connectivity index (χ0n) is 24.0. The largest absolute Gasteiger partial charge is 0.462 e. The number of hydrogen-bond acceptors (Lipinski definition) is 11. The summed E-state index contributed by atoms with van der Waals surface area (Å²) in [7, 11) is 0. The Bertz CT molecular complexity index is 1670. The zero-order chi connectivity index (χ0) is 31.2. The smallest absolute Gasteiger partial charge is 0.341 e. The van der Waals surface area contributed by atoms with E-state index in [0.29, 0.717) is 32.1 Å². The van der Waals surface area contributed by atoms with Crippen molar-refractivity contribution in [2.24, 2.45) is 0 Å². The molecule has 0 saturated heterocycles. The van der Waals surface area contributed by atoms with E-state index in [0.717, 1.165) is 54.3 Å². The van der Waals surface area contributed by atoms with Gasteiger partial charge in [-0.25, -0.2) is 4.79 Å². The normalized spacial score (nSPS) is 13.4. The lowest BCUT2D eigenvalue weighted by molar-refractivity contribution is -0.384. The molecule has 5 rings (SSSR count). The lowest BCUT2D eigenvalue weighted by Gasteiger charge is -2.14. The van der Waals surface area contributed by atoms with Gasteiger partial charge in [-0.2, -0.15) is 0 Å². The fraction of sp³-hybridized carbons (Fsp3) is 0.345. The average Bonchev–Trinajstić information content (AvgIpc) is 3.72. The molecule has 1 aromatic carbocycles. The Morgan fingerprint density at radius 3 is 2.61 bits per heavy atom. The number of amides is 2. The number of nitrogens with zero attached hydrogens (tertiary/aromatic N) is 4. The Morgan fingerprint density at radius 1 is 1.14 bits per heavy atom. The number of aromatic nitrogens is 3. The summed E-state index contributed by atoms with van der Waals surface area (Å²) >= 11 is 3.88. The second kappa shape index (κ2) is 14.1. The molecular formula is C29H30N6O6S3. The molecule has 3 aromatic heterocycles. The van der Waals surface area contributed by atoms with E-state index in [-0.39, 0.29) is 30.7 Å². The molecule has 15 heteroatoms. The first kappa shape index (κ1) is 31.3. The number of nitrogens with one attached hydrogen (secondary N) is 2. The molecule has 1 aliphatic rings. The van der Waals surface area contributed by atoms with E-state index >= 15 is 0 Å². The number of carbonyl (C=O) groups is 3. The third kappa shape index (κ3) is 7.00. The number of nitro groups is 1. The summed E-state index contributed by atoms with van der Waals surface area (Å²) in [6, 6.07) is 9.35. The van der Waals surface area contributed by atoms with Gasteiger partial charge in [0.05, 0.1) is 33.8 Å². The molecule has 0 saturated carbocycles. The van der Waals surface area contributed by atoms with Crippen molar-refractivity contribution >= 4 is 62.9 Å². The highest BCUT2D eigenvalue weighted by molar-refractivity contribution is 8.00. The van der Waals surface area contributed by atoms with Gasteiger partial charge in [-0.3, -0.25) is 24.3 Å². The summed E-state index contributed by atoms with van der Waals surface area (Å²) in [5.74, 6) is -0.658. The van der Waals surface area contributed by atoms with Crippen LogP contribution in [0.25, 0.3) is 5.69 Å². The van der Waals surface area contributed by atoms with Gasteiger partial charge in [0.15, 0.2) is 11.0 Å². The monoisotopic (exact) mass is 654 g/mol. The van der Waals surface area contributed by atoms with Crippen LogP contribution in [-0.4, -0.2) is 49.3 Å². The lowest BCUT2D eigenvalue weighted by atomic mass is 10.1. The number of thioether (sulfide) groups is 1. The molecule has 1 unspecified atom stereocenters. The zero-order valence-corrected chi connectivity index (χ0v) is 26.5. The number of carbonyl (C=O) groups excluding carboxylic acids is 3. The molecule has 2 N–H and O–H groups in total. The van der Waals surface area contributed by atoms with Crippen LogP contribution in [0.15, 0.2) is 46.9 Å². The van der Waals surface area contributed by atoms with Gasteiger partial charge in [0.1, 0.15) is 5.00 Å². The van der Waals surface area contributed by atoms with Gasteiger partial charge < -0.3 is 15.4 Å². The maximum atomic E-state index is 13.5. The number of ether oxygens (including phenoxy) is 1. The minimum Gasteiger partial charge on any atom is -0.462 e. The van der Waals surface area contributed by atoms with Crippen LogP contribution >= 0.6 is 34.4 Å². The van der Waals surface area contributed by atoms with Crippen LogP contribution in [0.4, 0.5) is 10.7 Å². The number of anilines is 1. The van der Waals surface area contributed by atoms with E-state index in [2.05, 4.69) is 20.8 Å². The number of thiophene rings is 2. The Balaban J connectivity index is 1.39. The van der Waals surface area contributed by atoms with E-state index in [9.17, 15) is 24.5 Å². The van der Waals surface area contributed by atoms with Gasteiger partial charge in [0, 0.05) is 22.7 Å². The third-order valence-corrected chi connectivity index (χ3v) is 10.1. The van der Waals surface area contributed by atoms with Crippen molar-refractivity contribution in [3.05, 3.63) is 78.6 Å². The lowest BCUT2D eigenvalue weighted by Crippen LogP contribution is -2.25. The van der Waals surface area contributed by atoms with E-state index in [1.54, 1.807) is 48.1 Å². The van der Waals surface area contributed by atoms with Crippen LogP contribution in [0, 0.1) is 10.1 Å². The number of hydrogen-bond donors (Lipinski definition) is 2. The second-order valence-corrected chi connectivity index (χ2v) is 13.3. The molecular weight excluding hydrogens is 625 g/mol. The molecule has 230 valence electrons. The minimum atomic E-state index is -0.665. The summed E-state index contributed by atoms with van der Waals surface area (Å²) in [6.07, 6.45) is 4.73. The highest BCUT2D eigenvalue weighted by atomic mass is 32.2. The predicted octanol–water partition coefficient (Wildman–Crippen LogP) is 5.79. The Morgan fingerprint density at radius 2 is 1.91 bits per heavy atom. The molecule has 0 radical (unpaired) electrons. The summed E-state index contributed by atoms with van der Waals surface area (Å²) in [5, 5.41) is 27.6. The van der Waals surface area contributed by atoms with Gasteiger partial charge in [0.2, 0.25) is 5.91 Å². The quantitative estimate of drug-likeness (QED) is 0.0671. The molecule has 0 aliphatic heterocycles. The summed E-state index contributed by atoms with van der Waals surface area (Å²) in [4.78, 5) is 51.4. The molecule has 4 aromatic rings. The number of aryl methyl sites for hydroxylation is 1. The fourth-order valence-electron chi connectivity index (χ4n) is 4.80. The second-order valence-electron chi connectivity index (χ2n) is 9.91. The fourth-order valence-corrected chi connectivity index (χ4v) is 7.61. The molecule has 0 spiro atoms. The van der Waals surface area contributed by atoms with E-state index in [1.165, 1.54) is 34.8 Å². The van der Waals surface area contributed by atoms with Crippen molar-refractivity contribution in [3.63, 3.8) is 0 Å². The summed E-state index contributed by atoms with van der Waals surface area (Å²) < 4.78 is 7.00. The van der Waals surface area contributed by atoms with E-state index < -0.39 is 16.1 Å². The highest BCUT2D eigenvalue weighted by Crippen LogP contribution is 2.38. The predicted molar refractivity (Wildman–Crippen MR) is 169 cm³/mol. The standard InChI is InChI=1S/C29H30N6O6S3/c1-3-41-28(38)24-20-8-5-4-6-9-21(20)44-27(24)31-25(36)17(2)43-29-33-32-23(16-30-26(37)22-10-7-15-42-22)34(29)18-11-13-19(14-12-18)35(39)40/h7,10-15,17H,3-6,8-9,16H2,1-2H3,(H,30,37)(H,31,36). The first-order valence-corrected chi connectivity index (χ1v) is 16.6. The van der Waals surface area contributed by atoms with Crippen molar-refractivity contribution in [1.82, 2.24) is 20.1 Å². The maximum absolute atomic E-state index is 13.5. The van der Waals surface area contributed by atoms with Crippen LogP contribution in [0.1, 0.15) is 69.4 Å². The van der Waals surface area contributed by atoms with Gasteiger partial charge >= 0.3 is 5.97 Å². The third-order valence-electron chi connectivity index (χ3n) is 6.96. The molecule has 0 bridgehead atoms. The van der Waals surface area contributed by atoms with Crippen molar-refractivity contribution in [2.45, 2.75) is 62.9 Å². The molecule has 12 nitrogen and oxygen atoms in total. The minimum absolute atomic E-state index is 0.0332. The number of fused-ring (bicyclic) bond motifs is 1. The van der Waals surface area contributed by atoms with Crippen LogP contribution < -0.4 is 10.6 Å². The van der Waals surface area contributed by atoms with Crippen LogP contribution in [0.2, 0.25) is 0 Å². The van der Waals surface area contributed by atoms with Gasteiger partial charge in [-0.1, -0.05) is 24.2 Å². The first-order valence-electron chi connectivity index (χ1n) is 14.1. The summed E-state index contributed by atoms with van der Waals surface area (Å²) in [5.41, 5.74) is 1.86. The van der Waals surface area contributed by atoms with Crippen molar-refractivity contribution in [1.29, 1.82) is 0 Å². The SMILES string of the molecule is CCOC(=O)c1c(NC(=O)C(C)Sc2nnc(CNC(=O)c3cccs3)n2-c2ccc([N+](=O)[O-])cc2)sc2c1CCCCC2. The Hall–Kier alpha value is -4.08. The number of rotatable bonds is 11. The van der Waals surface area contributed by atoms with E-state index in [4.69, 9.17) is 4.74 Å². The topological polar surface area (TPSA) is 158 Å². The molecule has 1 aliphatic carbocycles. The Kier molecular flexibility index (Phi) is 10.1. The summed E-state index contributed by atoms with van der Waals surface area (Å²) in [6.45, 7) is 3.74. The molecule has 0 fully saturated rings. The molecule has 44 heavy (non-hydrogen) atoms. The average molecular weight is 655 g/mol. The number of benzene rings is 1. The van der Waals surface area contributed by atoms with Crippen molar-refractivity contribution in [2.75, 3.05) is 11.9 Å². The van der Waals surface area contributed by atoms with E-state index in [1.807, 2.05) is 0 Å². The van der Waals surface area contributed by atoms with Crippen LogP contribution in [0.5, 0.6) is 0 Å². The van der Waals surface area contributed by atoms with Gasteiger partial charge in [-0.05, 0) is 68.7 Å². The Labute approximate surface area is 265 Å². The molecule has 2 amide bonds.